The zero-order chi connectivity index (χ0) is 15.1. The molecule has 0 spiro atoms. The van der Waals surface area contributed by atoms with Crippen molar-refractivity contribution in [2.24, 2.45) is 0 Å². The topological polar surface area (TPSA) is 52.6 Å². The summed E-state index contributed by atoms with van der Waals surface area (Å²) in [5.41, 5.74) is 0.888. The number of benzene rings is 2. The first kappa shape index (κ1) is 14.8. The summed E-state index contributed by atoms with van der Waals surface area (Å²) in [5, 5.41) is 0. The first-order valence-electron chi connectivity index (χ1n) is 6.73. The molecule has 0 aliphatic rings. The molecule has 2 aromatic rings. The van der Waals surface area contributed by atoms with Gasteiger partial charge in [-0.25, -0.2) is 4.79 Å². The highest BCUT2D eigenvalue weighted by atomic mass is 16.5. The lowest BCUT2D eigenvalue weighted by atomic mass is 10.2. The van der Waals surface area contributed by atoms with Gasteiger partial charge in [0, 0.05) is 5.56 Å². The largest absolute Gasteiger partial charge is 0.494 e. The second kappa shape index (κ2) is 7.24. The van der Waals surface area contributed by atoms with Gasteiger partial charge in [-0.3, -0.25) is 4.79 Å². The van der Waals surface area contributed by atoms with E-state index in [9.17, 15) is 9.59 Å². The van der Waals surface area contributed by atoms with Crippen LogP contribution >= 0.6 is 0 Å². The lowest BCUT2D eigenvalue weighted by Crippen LogP contribution is -2.08. The van der Waals surface area contributed by atoms with Crippen molar-refractivity contribution in [2.75, 3.05) is 6.61 Å². The van der Waals surface area contributed by atoms with Crippen molar-refractivity contribution in [1.29, 1.82) is 0 Å². The average molecular weight is 284 g/mol. The highest BCUT2D eigenvalue weighted by Gasteiger charge is 2.09. The van der Waals surface area contributed by atoms with Gasteiger partial charge >= 0.3 is 5.97 Å². The molecular weight excluding hydrogens is 268 g/mol. The van der Waals surface area contributed by atoms with Crippen LogP contribution in [0.5, 0.6) is 11.5 Å². The van der Waals surface area contributed by atoms with Gasteiger partial charge in [-0.1, -0.05) is 19.1 Å². The van der Waals surface area contributed by atoms with E-state index in [1.54, 1.807) is 42.5 Å². The number of hydrogen-bond donors (Lipinski definition) is 0. The van der Waals surface area contributed by atoms with Crippen molar-refractivity contribution < 1.29 is 19.1 Å². The monoisotopic (exact) mass is 284 g/mol. The maximum atomic E-state index is 12.0. The van der Waals surface area contributed by atoms with Gasteiger partial charge in [0.25, 0.3) is 0 Å². The number of rotatable bonds is 6. The van der Waals surface area contributed by atoms with Gasteiger partial charge in [0.05, 0.1) is 12.2 Å². The molecule has 0 aliphatic carbocycles. The van der Waals surface area contributed by atoms with Crippen LogP contribution in [-0.2, 0) is 0 Å². The van der Waals surface area contributed by atoms with E-state index in [-0.39, 0.29) is 0 Å². The van der Waals surface area contributed by atoms with Crippen LogP contribution in [0.3, 0.4) is 0 Å². The van der Waals surface area contributed by atoms with Crippen molar-refractivity contribution in [1.82, 2.24) is 0 Å². The van der Waals surface area contributed by atoms with Crippen LogP contribution < -0.4 is 9.47 Å². The second-order valence-electron chi connectivity index (χ2n) is 4.45. The number of aldehydes is 1. The van der Waals surface area contributed by atoms with Gasteiger partial charge in [0.1, 0.15) is 17.8 Å². The van der Waals surface area contributed by atoms with Gasteiger partial charge < -0.3 is 9.47 Å². The summed E-state index contributed by atoms with van der Waals surface area (Å²) in [6, 6.07) is 13.2. The number of ether oxygens (including phenoxy) is 2. The first-order valence-corrected chi connectivity index (χ1v) is 6.73. The third kappa shape index (κ3) is 4.18. The molecule has 0 bridgehead atoms. The Bertz CT molecular complexity index is 617. The van der Waals surface area contributed by atoms with Crippen molar-refractivity contribution in [3.8, 4) is 11.5 Å². The van der Waals surface area contributed by atoms with E-state index in [1.807, 2.05) is 6.92 Å². The Kier molecular flexibility index (Phi) is 5.10. The van der Waals surface area contributed by atoms with Gasteiger partial charge in [-0.05, 0) is 42.8 Å². The number of carbonyl (C=O) groups is 2. The van der Waals surface area contributed by atoms with Crippen molar-refractivity contribution in [3.05, 3.63) is 59.7 Å². The van der Waals surface area contributed by atoms with Crippen molar-refractivity contribution in [3.63, 3.8) is 0 Å². The van der Waals surface area contributed by atoms with E-state index >= 15 is 0 Å². The van der Waals surface area contributed by atoms with Crippen LogP contribution in [0.4, 0.5) is 0 Å². The van der Waals surface area contributed by atoms with E-state index in [0.717, 1.165) is 12.2 Å². The van der Waals surface area contributed by atoms with Crippen molar-refractivity contribution in [2.45, 2.75) is 13.3 Å². The Morgan fingerprint density at radius 3 is 2.52 bits per heavy atom. The summed E-state index contributed by atoms with van der Waals surface area (Å²) in [5.74, 6) is 0.590. The molecule has 0 aromatic heterocycles. The Morgan fingerprint density at radius 2 is 1.86 bits per heavy atom. The number of hydrogen-bond acceptors (Lipinski definition) is 4. The lowest BCUT2D eigenvalue weighted by molar-refractivity contribution is 0.0734. The highest BCUT2D eigenvalue weighted by Crippen LogP contribution is 2.16. The molecule has 0 saturated heterocycles. The molecular formula is C17H16O4. The van der Waals surface area contributed by atoms with Gasteiger partial charge in [-0.15, -0.1) is 0 Å². The predicted octanol–water partition coefficient (Wildman–Crippen LogP) is 3.51. The summed E-state index contributed by atoms with van der Waals surface area (Å²) in [4.78, 5) is 22.7. The third-order valence-corrected chi connectivity index (χ3v) is 2.77. The normalized spacial score (nSPS) is 9.95. The van der Waals surface area contributed by atoms with Crippen LogP contribution in [0.2, 0.25) is 0 Å². The second-order valence-corrected chi connectivity index (χ2v) is 4.45. The lowest BCUT2D eigenvalue weighted by Gasteiger charge is -2.07. The molecule has 2 rings (SSSR count). The molecule has 2 aromatic carbocycles. The Morgan fingerprint density at radius 1 is 1.10 bits per heavy atom. The first-order chi connectivity index (χ1) is 10.2. The Balaban J connectivity index is 2.04. The van der Waals surface area contributed by atoms with E-state index in [4.69, 9.17) is 9.47 Å². The van der Waals surface area contributed by atoms with Crippen molar-refractivity contribution >= 4 is 12.3 Å². The molecule has 108 valence electrons. The smallest absolute Gasteiger partial charge is 0.343 e. The van der Waals surface area contributed by atoms with Crippen LogP contribution in [0.15, 0.2) is 48.5 Å². The predicted molar refractivity (Wildman–Crippen MR) is 79.0 cm³/mol. The fourth-order valence-corrected chi connectivity index (χ4v) is 1.72. The molecule has 0 heterocycles. The van der Waals surface area contributed by atoms with Crippen LogP contribution in [0.25, 0.3) is 0 Å². The molecule has 0 atom stereocenters. The van der Waals surface area contributed by atoms with E-state index < -0.39 is 5.97 Å². The van der Waals surface area contributed by atoms with Crippen LogP contribution in [0, 0.1) is 0 Å². The van der Waals surface area contributed by atoms with Gasteiger partial charge in [0.2, 0.25) is 0 Å². The van der Waals surface area contributed by atoms with Crippen LogP contribution in [0.1, 0.15) is 34.1 Å². The molecule has 0 amide bonds. The minimum Gasteiger partial charge on any atom is -0.494 e. The molecule has 0 unspecified atom stereocenters. The molecule has 0 N–H and O–H groups in total. The summed E-state index contributed by atoms with van der Waals surface area (Å²) >= 11 is 0. The van der Waals surface area contributed by atoms with Gasteiger partial charge in [-0.2, -0.15) is 0 Å². The quantitative estimate of drug-likeness (QED) is 0.463. The molecule has 0 saturated carbocycles. The molecule has 4 heteroatoms. The maximum absolute atomic E-state index is 12.0. The molecule has 0 fully saturated rings. The molecule has 0 aliphatic heterocycles. The highest BCUT2D eigenvalue weighted by molar-refractivity contribution is 5.91. The molecule has 0 radical (unpaired) electrons. The standard InChI is InChI=1S/C17H16O4/c1-2-10-20-15-8-6-14(7-9-15)17(19)21-16-5-3-4-13(11-16)12-18/h3-9,11-12H,2,10H2,1H3. The fourth-order valence-electron chi connectivity index (χ4n) is 1.72. The Labute approximate surface area is 123 Å². The number of esters is 1. The fraction of sp³-hybridized carbons (Fsp3) is 0.176. The summed E-state index contributed by atoms with van der Waals surface area (Å²) in [7, 11) is 0. The minimum absolute atomic E-state index is 0.343. The average Bonchev–Trinajstić information content (AvgIpc) is 2.53. The Hall–Kier alpha value is -2.62. The summed E-state index contributed by atoms with van der Waals surface area (Å²) < 4.78 is 10.7. The maximum Gasteiger partial charge on any atom is 0.343 e. The zero-order valence-electron chi connectivity index (χ0n) is 11.7. The van der Waals surface area contributed by atoms with E-state index in [0.29, 0.717) is 29.8 Å². The minimum atomic E-state index is -0.472. The SMILES string of the molecule is CCCOc1ccc(C(=O)Oc2cccc(C=O)c2)cc1. The zero-order valence-corrected chi connectivity index (χ0v) is 11.7. The third-order valence-electron chi connectivity index (χ3n) is 2.77. The summed E-state index contributed by atoms with van der Waals surface area (Å²) in [6.07, 6.45) is 1.63. The molecule has 4 nitrogen and oxygen atoms in total. The van der Waals surface area contributed by atoms with Gasteiger partial charge in [0.15, 0.2) is 0 Å². The molecule has 21 heavy (non-hydrogen) atoms. The number of carbonyl (C=O) groups excluding carboxylic acids is 2. The van der Waals surface area contributed by atoms with Crippen LogP contribution in [-0.4, -0.2) is 18.9 Å². The van der Waals surface area contributed by atoms with E-state index in [2.05, 4.69) is 0 Å². The van der Waals surface area contributed by atoms with E-state index in [1.165, 1.54) is 6.07 Å². The summed E-state index contributed by atoms with van der Waals surface area (Å²) in [6.45, 7) is 2.67.